The SMILES string of the molecule is NC(=O)CC[C@H](CCc1ccccc1)C(=O)c1nc2cc([N+](=O)[O-])ccc2o1. The molecule has 3 aromatic rings. The van der Waals surface area contributed by atoms with Crippen molar-refractivity contribution in [2.24, 2.45) is 11.7 Å². The minimum atomic E-state index is -0.537. The number of ketones is 1. The average molecular weight is 381 g/mol. The van der Waals surface area contributed by atoms with Gasteiger partial charge >= 0.3 is 0 Å². The van der Waals surface area contributed by atoms with Crippen molar-refractivity contribution in [1.29, 1.82) is 0 Å². The molecule has 1 amide bonds. The fourth-order valence-electron chi connectivity index (χ4n) is 3.02. The number of carbonyl (C=O) groups is 2. The van der Waals surface area contributed by atoms with Crippen molar-refractivity contribution in [1.82, 2.24) is 4.98 Å². The van der Waals surface area contributed by atoms with Gasteiger partial charge in [0.2, 0.25) is 11.7 Å². The second-order valence-corrected chi connectivity index (χ2v) is 6.52. The van der Waals surface area contributed by atoms with Crippen molar-refractivity contribution >= 4 is 28.5 Å². The van der Waals surface area contributed by atoms with Gasteiger partial charge in [-0.3, -0.25) is 19.7 Å². The lowest BCUT2D eigenvalue weighted by atomic mass is 9.91. The lowest BCUT2D eigenvalue weighted by Gasteiger charge is -2.13. The van der Waals surface area contributed by atoms with Crippen LogP contribution < -0.4 is 5.73 Å². The third kappa shape index (κ3) is 4.59. The first-order valence-corrected chi connectivity index (χ1v) is 8.85. The molecule has 0 unspecified atom stereocenters. The monoisotopic (exact) mass is 381 g/mol. The van der Waals surface area contributed by atoms with Crippen molar-refractivity contribution in [2.75, 3.05) is 0 Å². The average Bonchev–Trinajstić information content (AvgIpc) is 3.11. The van der Waals surface area contributed by atoms with E-state index in [1.54, 1.807) is 0 Å². The maximum absolute atomic E-state index is 12.9. The molecule has 1 atom stereocenters. The van der Waals surface area contributed by atoms with E-state index in [1.807, 2.05) is 30.3 Å². The normalized spacial score (nSPS) is 12.0. The van der Waals surface area contributed by atoms with Crippen LogP contribution >= 0.6 is 0 Å². The zero-order chi connectivity index (χ0) is 20.1. The lowest BCUT2D eigenvalue weighted by Crippen LogP contribution is -2.20. The molecule has 0 bridgehead atoms. The summed E-state index contributed by atoms with van der Waals surface area (Å²) < 4.78 is 5.50. The van der Waals surface area contributed by atoms with Gasteiger partial charge in [-0.25, -0.2) is 4.98 Å². The van der Waals surface area contributed by atoms with Gasteiger partial charge in [0.15, 0.2) is 5.58 Å². The molecule has 0 fully saturated rings. The Hall–Kier alpha value is -3.55. The fourth-order valence-corrected chi connectivity index (χ4v) is 3.02. The van der Waals surface area contributed by atoms with Crippen molar-refractivity contribution in [2.45, 2.75) is 25.7 Å². The smallest absolute Gasteiger partial charge is 0.271 e. The van der Waals surface area contributed by atoms with Gasteiger partial charge in [-0.1, -0.05) is 30.3 Å². The number of aromatic nitrogens is 1. The minimum Gasteiger partial charge on any atom is -0.434 e. The van der Waals surface area contributed by atoms with Crippen LogP contribution in [0.5, 0.6) is 0 Å². The highest BCUT2D eigenvalue weighted by atomic mass is 16.6. The fraction of sp³-hybridized carbons (Fsp3) is 0.250. The Bertz CT molecular complexity index is 1010. The number of nitrogens with zero attached hydrogens (tertiary/aromatic N) is 2. The van der Waals surface area contributed by atoms with E-state index in [2.05, 4.69) is 4.98 Å². The summed E-state index contributed by atoms with van der Waals surface area (Å²) >= 11 is 0. The predicted molar refractivity (Wildman–Crippen MR) is 102 cm³/mol. The number of aryl methyl sites for hydroxylation is 1. The van der Waals surface area contributed by atoms with Crippen molar-refractivity contribution in [3.63, 3.8) is 0 Å². The van der Waals surface area contributed by atoms with Crippen molar-refractivity contribution in [3.05, 3.63) is 70.1 Å². The van der Waals surface area contributed by atoms with Crippen molar-refractivity contribution in [3.8, 4) is 0 Å². The molecule has 8 heteroatoms. The van der Waals surface area contributed by atoms with Crippen LogP contribution in [0, 0.1) is 16.0 Å². The number of non-ortho nitro benzene ring substituents is 1. The number of oxazole rings is 1. The molecule has 0 aliphatic carbocycles. The van der Waals surface area contributed by atoms with Crippen LogP contribution in [-0.4, -0.2) is 21.6 Å². The molecule has 144 valence electrons. The van der Waals surface area contributed by atoms with Gasteiger partial charge in [-0.05, 0) is 30.9 Å². The molecule has 0 saturated heterocycles. The van der Waals surface area contributed by atoms with Crippen molar-refractivity contribution < 1.29 is 18.9 Å². The summed E-state index contributed by atoms with van der Waals surface area (Å²) in [5, 5.41) is 10.9. The third-order valence-corrected chi connectivity index (χ3v) is 4.53. The van der Waals surface area contributed by atoms with Crippen LogP contribution in [0.1, 0.15) is 35.5 Å². The molecule has 1 heterocycles. The highest BCUT2D eigenvalue weighted by Crippen LogP contribution is 2.25. The third-order valence-electron chi connectivity index (χ3n) is 4.53. The van der Waals surface area contributed by atoms with Crippen LogP contribution in [0.2, 0.25) is 0 Å². The zero-order valence-electron chi connectivity index (χ0n) is 15.0. The summed E-state index contributed by atoms with van der Waals surface area (Å²) in [4.78, 5) is 38.6. The standard InChI is InChI=1S/C20H19N3O5/c21-18(24)11-8-14(7-6-13-4-2-1-3-5-13)19(25)20-22-16-12-15(23(26)27)9-10-17(16)28-20/h1-5,9-10,12,14H,6-8,11H2,(H2,21,24)/t14-/m0/s1. The van der Waals surface area contributed by atoms with E-state index in [0.717, 1.165) is 5.56 Å². The summed E-state index contributed by atoms with van der Waals surface area (Å²) in [6, 6.07) is 13.7. The second kappa shape index (κ2) is 8.43. The molecular weight excluding hydrogens is 362 g/mol. The van der Waals surface area contributed by atoms with Crippen LogP contribution in [0.4, 0.5) is 5.69 Å². The maximum Gasteiger partial charge on any atom is 0.271 e. The number of fused-ring (bicyclic) bond motifs is 1. The number of hydrogen-bond acceptors (Lipinski definition) is 6. The van der Waals surface area contributed by atoms with Crippen LogP contribution in [0.3, 0.4) is 0 Å². The topological polar surface area (TPSA) is 129 Å². The molecule has 2 N–H and O–H groups in total. The van der Waals surface area contributed by atoms with E-state index >= 15 is 0 Å². The number of Topliss-reactive ketones (excluding diaryl/α,β-unsaturated/α-hetero) is 1. The van der Waals surface area contributed by atoms with Gasteiger partial charge in [0, 0.05) is 24.5 Å². The Morgan fingerprint density at radius 2 is 1.89 bits per heavy atom. The van der Waals surface area contributed by atoms with E-state index in [1.165, 1.54) is 18.2 Å². The van der Waals surface area contributed by atoms with Gasteiger partial charge in [-0.2, -0.15) is 0 Å². The summed E-state index contributed by atoms with van der Waals surface area (Å²) in [5.74, 6) is -1.42. The van der Waals surface area contributed by atoms with Gasteiger partial charge in [-0.15, -0.1) is 0 Å². The predicted octanol–water partition coefficient (Wildman–Crippen LogP) is 3.43. The number of nitrogens with two attached hydrogens (primary N) is 1. The van der Waals surface area contributed by atoms with Crippen LogP contribution in [0.25, 0.3) is 11.1 Å². The number of carbonyl (C=O) groups excluding carboxylic acids is 2. The number of amides is 1. The Labute approximate surface area is 160 Å². The first-order chi connectivity index (χ1) is 13.4. The van der Waals surface area contributed by atoms with E-state index in [-0.39, 0.29) is 29.3 Å². The molecule has 0 radical (unpaired) electrons. The first kappa shape index (κ1) is 19.2. The second-order valence-electron chi connectivity index (χ2n) is 6.52. The van der Waals surface area contributed by atoms with E-state index in [9.17, 15) is 19.7 Å². The Morgan fingerprint density at radius 3 is 2.57 bits per heavy atom. The summed E-state index contributed by atoms with van der Waals surface area (Å²) in [7, 11) is 0. The maximum atomic E-state index is 12.9. The number of rotatable bonds is 9. The van der Waals surface area contributed by atoms with Gasteiger partial charge in [0.25, 0.3) is 11.6 Å². The molecule has 8 nitrogen and oxygen atoms in total. The lowest BCUT2D eigenvalue weighted by molar-refractivity contribution is -0.384. The van der Waals surface area contributed by atoms with E-state index < -0.39 is 16.7 Å². The minimum absolute atomic E-state index is 0.0803. The molecule has 0 aliphatic rings. The largest absolute Gasteiger partial charge is 0.434 e. The summed E-state index contributed by atoms with van der Waals surface area (Å²) in [6.45, 7) is 0. The van der Waals surface area contributed by atoms with E-state index in [4.69, 9.17) is 10.2 Å². The quantitative estimate of drug-likeness (QED) is 0.343. The molecule has 1 aromatic heterocycles. The molecule has 2 aromatic carbocycles. The summed E-state index contributed by atoms with van der Waals surface area (Å²) in [6.07, 6.45) is 1.54. The highest BCUT2D eigenvalue weighted by molar-refractivity contribution is 5.96. The molecule has 0 saturated carbocycles. The van der Waals surface area contributed by atoms with Crippen LogP contribution in [0.15, 0.2) is 52.9 Å². The number of nitro groups is 1. The number of benzene rings is 2. The van der Waals surface area contributed by atoms with Gasteiger partial charge < -0.3 is 10.2 Å². The molecule has 0 spiro atoms. The zero-order valence-corrected chi connectivity index (χ0v) is 15.0. The Balaban J connectivity index is 1.81. The summed E-state index contributed by atoms with van der Waals surface area (Å²) in [5.41, 5.74) is 6.73. The number of hydrogen-bond donors (Lipinski definition) is 1. The first-order valence-electron chi connectivity index (χ1n) is 8.85. The van der Waals surface area contributed by atoms with E-state index in [0.29, 0.717) is 24.8 Å². The van der Waals surface area contributed by atoms with Gasteiger partial charge in [0.1, 0.15) is 5.52 Å². The molecule has 3 rings (SSSR count). The number of nitro benzene ring substituents is 1. The van der Waals surface area contributed by atoms with Gasteiger partial charge in [0.05, 0.1) is 4.92 Å². The molecular formula is C20H19N3O5. The molecule has 28 heavy (non-hydrogen) atoms. The highest BCUT2D eigenvalue weighted by Gasteiger charge is 2.25. The molecule has 0 aliphatic heterocycles. The Kier molecular flexibility index (Phi) is 5.78. The van der Waals surface area contributed by atoms with Crippen LogP contribution in [-0.2, 0) is 11.2 Å². The Morgan fingerprint density at radius 1 is 1.14 bits per heavy atom. The number of primary amides is 1.